The number of anilines is 1. The largest absolute Gasteiger partial charge is 0.506 e. The lowest BCUT2D eigenvalue weighted by molar-refractivity contribution is -0.385. The lowest BCUT2D eigenvalue weighted by Crippen LogP contribution is -2.14. The molecule has 11 heteroatoms. The number of carbonyl (C=O) groups is 1. The summed E-state index contributed by atoms with van der Waals surface area (Å²) in [5, 5.41) is 37.3. The fourth-order valence-electron chi connectivity index (χ4n) is 1.89. The standard InChI is InChI=1S/C12H11N5O6/c1-6-11(17(22)23)10(14-15(6)2)12(19)13-8-4-3-7(16(20)21)5-9(8)18/h3-5,18H,1-2H3,(H,13,19). The normalized spacial score (nSPS) is 10.3. The topological polar surface area (TPSA) is 153 Å². The van der Waals surface area contributed by atoms with Crippen molar-refractivity contribution in [2.24, 2.45) is 7.05 Å². The third-order valence-corrected chi connectivity index (χ3v) is 3.14. The minimum absolute atomic E-state index is 0.127. The number of nitro groups is 2. The maximum Gasteiger partial charge on any atom is 0.322 e. The predicted molar refractivity (Wildman–Crippen MR) is 77.3 cm³/mol. The summed E-state index contributed by atoms with van der Waals surface area (Å²) in [6.45, 7) is 1.44. The van der Waals surface area contributed by atoms with E-state index in [1.165, 1.54) is 18.7 Å². The number of nitro benzene ring substituents is 1. The number of non-ortho nitro benzene ring substituents is 1. The van der Waals surface area contributed by atoms with Gasteiger partial charge in [-0.25, -0.2) is 0 Å². The van der Waals surface area contributed by atoms with Gasteiger partial charge < -0.3 is 10.4 Å². The Morgan fingerprint density at radius 1 is 1.30 bits per heavy atom. The highest BCUT2D eigenvalue weighted by Crippen LogP contribution is 2.29. The molecule has 1 aromatic heterocycles. The van der Waals surface area contributed by atoms with Gasteiger partial charge in [-0.3, -0.25) is 29.7 Å². The number of phenolic OH excluding ortho intramolecular Hbond substituents is 1. The van der Waals surface area contributed by atoms with E-state index >= 15 is 0 Å². The second-order valence-electron chi connectivity index (χ2n) is 4.58. The minimum atomic E-state index is -0.912. The molecule has 2 N–H and O–H groups in total. The summed E-state index contributed by atoms with van der Waals surface area (Å²) in [6, 6.07) is 3.05. The Bertz CT molecular complexity index is 828. The third-order valence-electron chi connectivity index (χ3n) is 3.14. The molecule has 2 aromatic rings. The molecule has 0 spiro atoms. The number of nitrogens with one attached hydrogen (secondary N) is 1. The monoisotopic (exact) mass is 321 g/mol. The second-order valence-corrected chi connectivity index (χ2v) is 4.58. The van der Waals surface area contributed by atoms with Crippen LogP contribution in [0.25, 0.3) is 0 Å². The minimum Gasteiger partial charge on any atom is -0.506 e. The Morgan fingerprint density at radius 3 is 2.48 bits per heavy atom. The molecule has 0 bridgehead atoms. The van der Waals surface area contributed by atoms with E-state index in [9.17, 15) is 30.1 Å². The zero-order valence-electron chi connectivity index (χ0n) is 12.0. The summed E-state index contributed by atoms with van der Waals surface area (Å²) in [7, 11) is 1.45. The lowest BCUT2D eigenvalue weighted by atomic mass is 10.2. The molecule has 23 heavy (non-hydrogen) atoms. The van der Waals surface area contributed by atoms with Gasteiger partial charge in [0.2, 0.25) is 5.69 Å². The molecule has 1 amide bonds. The molecule has 0 aliphatic rings. The van der Waals surface area contributed by atoms with Crippen molar-refractivity contribution in [3.63, 3.8) is 0 Å². The van der Waals surface area contributed by atoms with Crippen LogP contribution in [0, 0.1) is 27.2 Å². The zero-order chi connectivity index (χ0) is 17.3. The fraction of sp³-hybridized carbons (Fsp3) is 0.167. The first kappa shape index (κ1) is 15.9. The third kappa shape index (κ3) is 2.92. The molecule has 0 saturated carbocycles. The van der Waals surface area contributed by atoms with Crippen LogP contribution in [-0.2, 0) is 7.05 Å². The van der Waals surface area contributed by atoms with Crippen LogP contribution in [0.1, 0.15) is 16.2 Å². The number of benzene rings is 1. The van der Waals surface area contributed by atoms with Crippen molar-refractivity contribution in [3.8, 4) is 5.75 Å². The molecular formula is C12H11N5O6. The SMILES string of the molecule is Cc1c([N+](=O)[O-])c(C(=O)Nc2ccc([N+](=O)[O-])cc2O)nn1C. The number of phenols is 1. The molecule has 11 nitrogen and oxygen atoms in total. The van der Waals surface area contributed by atoms with Crippen LogP contribution in [0.5, 0.6) is 5.75 Å². The smallest absolute Gasteiger partial charge is 0.322 e. The number of amides is 1. The molecule has 0 saturated heterocycles. The van der Waals surface area contributed by atoms with E-state index in [0.29, 0.717) is 0 Å². The molecule has 1 heterocycles. The highest BCUT2D eigenvalue weighted by atomic mass is 16.6. The Balaban J connectivity index is 2.35. The van der Waals surface area contributed by atoms with Crippen LogP contribution in [-0.4, -0.2) is 30.6 Å². The second kappa shape index (κ2) is 5.71. The van der Waals surface area contributed by atoms with E-state index in [2.05, 4.69) is 10.4 Å². The molecule has 0 atom stereocenters. The average molecular weight is 321 g/mol. The summed E-state index contributed by atoms with van der Waals surface area (Å²) in [6.07, 6.45) is 0. The van der Waals surface area contributed by atoms with Gasteiger partial charge in [-0.05, 0) is 13.0 Å². The molecule has 0 radical (unpaired) electrons. The number of hydrogen-bond acceptors (Lipinski definition) is 7. The van der Waals surface area contributed by atoms with E-state index in [4.69, 9.17) is 0 Å². The van der Waals surface area contributed by atoms with E-state index in [1.807, 2.05) is 0 Å². The number of rotatable bonds is 4. The highest BCUT2D eigenvalue weighted by molar-refractivity contribution is 6.06. The van der Waals surface area contributed by atoms with E-state index in [1.54, 1.807) is 0 Å². The van der Waals surface area contributed by atoms with Gasteiger partial charge in [0, 0.05) is 13.1 Å². The number of hydrogen-bond donors (Lipinski definition) is 2. The Labute approximate surface area is 128 Å². The quantitative estimate of drug-likeness (QED) is 0.491. The first-order chi connectivity index (χ1) is 10.7. The van der Waals surface area contributed by atoms with Crippen molar-refractivity contribution in [1.29, 1.82) is 0 Å². The van der Waals surface area contributed by atoms with Crippen LogP contribution >= 0.6 is 0 Å². The van der Waals surface area contributed by atoms with Crippen molar-refractivity contribution in [2.45, 2.75) is 6.92 Å². The summed E-state index contributed by atoms with van der Waals surface area (Å²) in [5.41, 5.74) is -1.18. The molecule has 0 fully saturated rings. The first-order valence-corrected chi connectivity index (χ1v) is 6.19. The maximum atomic E-state index is 12.1. The van der Waals surface area contributed by atoms with Crippen molar-refractivity contribution in [3.05, 3.63) is 49.8 Å². The molecule has 0 unspecified atom stereocenters. The van der Waals surface area contributed by atoms with Gasteiger partial charge in [0.15, 0.2) is 0 Å². The molecule has 0 aliphatic carbocycles. The number of aryl methyl sites for hydroxylation is 1. The Morgan fingerprint density at radius 2 is 1.96 bits per heavy atom. The maximum absolute atomic E-state index is 12.1. The number of aromatic hydroxyl groups is 1. The van der Waals surface area contributed by atoms with Gasteiger partial charge in [0.1, 0.15) is 11.4 Å². The average Bonchev–Trinajstić information content (AvgIpc) is 2.77. The van der Waals surface area contributed by atoms with E-state index < -0.39 is 32.9 Å². The Hall–Kier alpha value is -3.50. The summed E-state index contributed by atoms with van der Waals surface area (Å²) >= 11 is 0. The molecular weight excluding hydrogens is 310 g/mol. The fourth-order valence-corrected chi connectivity index (χ4v) is 1.89. The van der Waals surface area contributed by atoms with Crippen LogP contribution in [0.4, 0.5) is 17.1 Å². The zero-order valence-corrected chi connectivity index (χ0v) is 12.0. The van der Waals surface area contributed by atoms with Gasteiger partial charge in [-0.15, -0.1) is 0 Å². The first-order valence-electron chi connectivity index (χ1n) is 6.19. The van der Waals surface area contributed by atoms with Crippen molar-refractivity contribution in [1.82, 2.24) is 9.78 Å². The molecule has 1 aromatic carbocycles. The van der Waals surface area contributed by atoms with Crippen LogP contribution in [0.2, 0.25) is 0 Å². The van der Waals surface area contributed by atoms with Gasteiger partial charge in [-0.2, -0.15) is 5.10 Å². The highest BCUT2D eigenvalue weighted by Gasteiger charge is 2.29. The van der Waals surface area contributed by atoms with Crippen LogP contribution in [0.15, 0.2) is 18.2 Å². The summed E-state index contributed by atoms with van der Waals surface area (Å²) in [5.74, 6) is -1.45. The van der Waals surface area contributed by atoms with Gasteiger partial charge >= 0.3 is 5.69 Å². The van der Waals surface area contributed by atoms with E-state index in [0.717, 1.165) is 18.2 Å². The lowest BCUT2D eigenvalue weighted by Gasteiger charge is -2.05. The van der Waals surface area contributed by atoms with Crippen molar-refractivity contribution >= 4 is 23.0 Å². The van der Waals surface area contributed by atoms with Gasteiger partial charge in [-0.1, -0.05) is 0 Å². The van der Waals surface area contributed by atoms with Crippen molar-refractivity contribution in [2.75, 3.05) is 5.32 Å². The van der Waals surface area contributed by atoms with Gasteiger partial charge in [0.05, 0.1) is 21.6 Å². The van der Waals surface area contributed by atoms with Crippen LogP contribution in [0.3, 0.4) is 0 Å². The Kier molecular flexibility index (Phi) is 3.94. The number of carbonyl (C=O) groups excluding carboxylic acids is 1. The summed E-state index contributed by atoms with van der Waals surface area (Å²) in [4.78, 5) is 32.3. The van der Waals surface area contributed by atoms with Gasteiger partial charge in [0.25, 0.3) is 11.6 Å². The number of nitrogens with zero attached hydrogens (tertiary/aromatic N) is 4. The van der Waals surface area contributed by atoms with Crippen LogP contribution < -0.4 is 5.32 Å². The molecule has 120 valence electrons. The molecule has 2 rings (SSSR count). The number of aromatic nitrogens is 2. The molecule has 0 aliphatic heterocycles. The predicted octanol–water partition coefficient (Wildman–Crippen LogP) is 1.50. The van der Waals surface area contributed by atoms with E-state index in [-0.39, 0.29) is 17.1 Å². The summed E-state index contributed by atoms with van der Waals surface area (Å²) < 4.78 is 1.18. The van der Waals surface area contributed by atoms with Crippen molar-refractivity contribution < 1.29 is 19.7 Å².